The lowest BCUT2D eigenvalue weighted by atomic mass is 10.0. The number of carbonyl (C=O) groups excluding carboxylic acids is 2. The van der Waals surface area contributed by atoms with Crippen molar-refractivity contribution >= 4 is 11.8 Å². The van der Waals surface area contributed by atoms with Crippen LogP contribution in [0.15, 0.2) is 12.7 Å². The summed E-state index contributed by atoms with van der Waals surface area (Å²) in [6, 6.07) is 0. The molecule has 0 radical (unpaired) electrons. The molecular weight excluding hydrogens is 268 g/mol. The Hall–Kier alpha value is -1.40. The lowest BCUT2D eigenvalue weighted by Gasteiger charge is -2.34. The first-order valence-corrected chi connectivity index (χ1v) is 7.77. The van der Waals surface area contributed by atoms with Crippen molar-refractivity contribution in [3.05, 3.63) is 12.7 Å². The van der Waals surface area contributed by atoms with Crippen LogP contribution in [0, 0.1) is 5.92 Å². The minimum atomic E-state index is 0.0201. The molecule has 1 unspecified atom stereocenters. The first kappa shape index (κ1) is 16.0. The third-order valence-corrected chi connectivity index (χ3v) is 4.16. The van der Waals surface area contributed by atoms with Gasteiger partial charge in [0.25, 0.3) is 0 Å². The molecule has 0 aromatic heterocycles. The number of rotatable bonds is 6. The fourth-order valence-corrected chi connectivity index (χ4v) is 2.87. The van der Waals surface area contributed by atoms with E-state index in [4.69, 9.17) is 0 Å². The van der Waals surface area contributed by atoms with E-state index in [1.165, 1.54) is 0 Å². The van der Waals surface area contributed by atoms with Crippen LogP contribution in [0.4, 0.5) is 0 Å². The van der Waals surface area contributed by atoms with Gasteiger partial charge in [-0.2, -0.15) is 0 Å². The first-order chi connectivity index (χ1) is 10.2. The Morgan fingerprint density at radius 2 is 2.05 bits per heavy atom. The second kappa shape index (κ2) is 8.14. The maximum atomic E-state index is 12.2. The smallest absolute Gasteiger partial charge is 0.234 e. The van der Waals surface area contributed by atoms with Crippen molar-refractivity contribution in [2.45, 2.75) is 12.8 Å². The Kier molecular flexibility index (Phi) is 6.20. The SMILES string of the molecule is C=CCNC(=O)CN1CCN(C(=O)CC2CCNC2)CC1. The van der Waals surface area contributed by atoms with E-state index in [9.17, 15) is 9.59 Å². The maximum absolute atomic E-state index is 12.2. The fourth-order valence-electron chi connectivity index (χ4n) is 2.87. The van der Waals surface area contributed by atoms with Crippen molar-refractivity contribution in [3.8, 4) is 0 Å². The summed E-state index contributed by atoms with van der Waals surface area (Å²) in [6.45, 7) is 9.49. The van der Waals surface area contributed by atoms with Crippen molar-refractivity contribution in [1.82, 2.24) is 20.4 Å². The zero-order valence-corrected chi connectivity index (χ0v) is 12.6. The number of amides is 2. The Balaban J connectivity index is 1.66. The van der Waals surface area contributed by atoms with Gasteiger partial charge in [0.05, 0.1) is 6.54 Å². The van der Waals surface area contributed by atoms with E-state index < -0.39 is 0 Å². The van der Waals surface area contributed by atoms with Gasteiger partial charge in [-0.05, 0) is 25.4 Å². The number of piperazine rings is 1. The summed E-state index contributed by atoms with van der Waals surface area (Å²) in [5.41, 5.74) is 0. The molecule has 2 saturated heterocycles. The van der Waals surface area contributed by atoms with Gasteiger partial charge in [0.2, 0.25) is 11.8 Å². The van der Waals surface area contributed by atoms with Crippen molar-refractivity contribution in [2.75, 3.05) is 52.4 Å². The molecule has 2 aliphatic rings. The zero-order chi connectivity index (χ0) is 15.1. The summed E-state index contributed by atoms with van der Waals surface area (Å²) in [4.78, 5) is 27.9. The molecule has 0 bridgehead atoms. The summed E-state index contributed by atoms with van der Waals surface area (Å²) in [5, 5.41) is 6.07. The van der Waals surface area contributed by atoms with Crippen molar-refractivity contribution in [3.63, 3.8) is 0 Å². The fraction of sp³-hybridized carbons (Fsp3) is 0.733. The van der Waals surface area contributed by atoms with Gasteiger partial charge in [0.1, 0.15) is 0 Å². The quantitative estimate of drug-likeness (QED) is 0.644. The van der Waals surface area contributed by atoms with Crippen LogP contribution in [0.5, 0.6) is 0 Å². The van der Waals surface area contributed by atoms with Crippen LogP contribution < -0.4 is 10.6 Å². The monoisotopic (exact) mass is 294 g/mol. The molecule has 6 heteroatoms. The average molecular weight is 294 g/mol. The first-order valence-electron chi connectivity index (χ1n) is 7.77. The van der Waals surface area contributed by atoms with Gasteiger partial charge in [-0.15, -0.1) is 6.58 Å². The molecule has 2 fully saturated rings. The molecule has 6 nitrogen and oxygen atoms in total. The van der Waals surface area contributed by atoms with E-state index in [1.807, 2.05) is 4.90 Å². The van der Waals surface area contributed by atoms with Gasteiger partial charge >= 0.3 is 0 Å². The predicted octanol–water partition coefficient (Wildman–Crippen LogP) is -0.568. The maximum Gasteiger partial charge on any atom is 0.234 e. The second-order valence-corrected chi connectivity index (χ2v) is 5.81. The van der Waals surface area contributed by atoms with Gasteiger partial charge in [-0.25, -0.2) is 0 Å². The molecule has 0 saturated carbocycles. The summed E-state index contributed by atoms with van der Waals surface area (Å²) < 4.78 is 0. The highest BCUT2D eigenvalue weighted by Crippen LogP contribution is 2.14. The number of hydrogen-bond donors (Lipinski definition) is 2. The minimum absolute atomic E-state index is 0.0201. The van der Waals surface area contributed by atoms with Gasteiger partial charge in [0, 0.05) is 39.1 Å². The normalized spacial score (nSPS) is 23.0. The largest absolute Gasteiger partial charge is 0.352 e. The molecule has 0 aromatic rings. The Morgan fingerprint density at radius 1 is 1.29 bits per heavy atom. The lowest BCUT2D eigenvalue weighted by Crippen LogP contribution is -2.51. The van der Waals surface area contributed by atoms with E-state index >= 15 is 0 Å². The van der Waals surface area contributed by atoms with Gasteiger partial charge in [-0.1, -0.05) is 6.08 Å². The molecule has 21 heavy (non-hydrogen) atoms. The Labute approximate surface area is 126 Å². The van der Waals surface area contributed by atoms with Gasteiger partial charge in [-0.3, -0.25) is 14.5 Å². The van der Waals surface area contributed by atoms with Crippen LogP contribution in [0.3, 0.4) is 0 Å². The van der Waals surface area contributed by atoms with Crippen molar-refractivity contribution in [1.29, 1.82) is 0 Å². The second-order valence-electron chi connectivity index (χ2n) is 5.81. The molecular formula is C15H26N4O2. The Morgan fingerprint density at radius 3 is 2.67 bits per heavy atom. The number of nitrogens with one attached hydrogen (secondary N) is 2. The van der Waals surface area contributed by atoms with Crippen LogP contribution >= 0.6 is 0 Å². The topological polar surface area (TPSA) is 64.7 Å². The molecule has 2 rings (SSSR count). The van der Waals surface area contributed by atoms with Crippen molar-refractivity contribution < 1.29 is 9.59 Å². The summed E-state index contributed by atoms with van der Waals surface area (Å²) in [7, 11) is 0. The third kappa shape index (κ3) is 5.13. The third-order valence-electron chi connectivity index (χ3n) is 4.16. The lowest BCUT2D eigenvalue weighted by molar-refractivity contribution is -0.134. The minimum Gasteiger partial charge on any atom is -0.352 e. The summed E-state index contributed by atoms with van der Waals surface area (Å²) >= 11 is 0. The highest BCUT2D eigenvalue weighted by molar-refractivity contribution is 5.78. The molecule has 0 aliphatic carbocycles. The summed E-state index contributed by atoms with van der Waals surface area (Å²) in [5.74, 6) is 0.784. The number of carbonyl (C=O) groups is 2. The molecule has 2 aliphatic heterocycles. The van der Waals surface area contributed by atoms with E-state index in [2.05, 4.69) is 22.1 Å². The van der Waals surface area contributed by atoms with E-state index in [1.54, 1.807) is 6.08 Å². The number of nitrogens with zero attached hydrogens (tertiary/aromatic N) is 2. The number of hydrogen-bond acceptors (Lipinski definition) is 4. The van der Waals surface area contributed by atoms with E-state index in [0.29, 0.717) is 25.4 Å². The highest BCUT2D eigenvalue weighted by Gasteiger charge is 2.25. The molecule has 118 valence electrons. The molecule has 2 N–H and O–H groups in total. The average Bonchev–Trinajstić information content (AvgIpc) is 2.98. The van der Waals surface area contributed by atoms with Crippen LogP contribution in [-0.2, 0) is 9.59 Å². The van der Waals surface area contributed by atoms with Crippen LogP contribution in [-0.4, -0.2) is 74.0 Å². The van der Waals surface area contributed by atoms with Gasteiger partial charge < -0.3 is 15.5 Å². The van der Waals surface area contributed by atoms with Crippen LogP contribution in [0.2, 0.25) is 0 Å². The molecule has 0 spiro atoms. The van der Waals surface area contributed by atoms with Crippen LogP contribution in [0.25, 0.3) is 0 Å². The van der Waals surface area contributed by atoms with Crippen LogP contribution in [0.1, 0.15) is 12.8 Å². The van der Waals surface area contributed by atoms with E-state index in [-0.39, 0.29) is 11.8 Å². The van der Waals surface area contributed by atoms with E-state index in [0.717, 1.165) is 45.7 Å². The standard InChI is InChI=1S/C15H26N4O2/c1-2-4-17-14(20)12-18-6-8-19(9-7-18)15(21)10-13-3-5-16-11-13/h2,13,16H,1,3-12H2,(H,17,20). The summed E-state index contributed by atoms with van der Waals surface area (Å²) in [6.07, 6.45) is 3.44. The molecule has 2 amide bonds. The highest BCUT2D eigenvalue weighted by atomic mass is 16.2. The Bertz CT molecular complexity index is 372. The molecule has 1 atom stereocenters. The molecule has 2 heterocycles. The van der Waals surface area contributed by atoms with Crippen molar-refractivity contribution in [2.24, 2.45) is 5.92 Å². The molecule has 0 aromatic carbocycles. The van der Waals surface area contributed by atoms with Gasteiger partial charge in [0.15, 0.2) is 0 Å². The predicted molar refractivity (Wildman–Crippen MR) is 81.8 cm³/mol. The zero-order valence-electron chi connectivity index (χ0n) is 12.6.